The van der Waals surface area contributed by atoms with Gasteiger partial charge in [-0.3, -0.25) is 4.79 Å². The summed E-state index contributed by atoms with van der Waals surface area (Å²) < 4.78 is 2.01. The third kappa shape index (κ3) is 3.19. The molecule has 0 atom stereocenters. The number of anilines is 1. The van der Waals surface area contributed by atoms with Crippen molar-refractivity contribution in [2.75, 3.05) is 5.32 Å². The maximum Gasteiger partial charge on any atom is 0.255 e. The molecule has 2 aromatic carbocycles. The summed E-state index contributed by atoms with van der Waals surface area (Å²) in [5.74, 6) is -0.0759. The Morgan fingerprint density at radius 2 is 1.70 bits per heavy atom. The van der Waals surface area contributed by atoms with E-state index in [0.29, 0.717) is 5.56 Å². The van der Waals surface area contributed by atoms with Gasteiger partial charge in [-0.05, 0) is 60.9 Å². The first kappa shape index (κ1) is 15.1. The van der Waals surface area contributed by atoms with Crippen LogP contribution in [0.15, 0.2) is 67.0 Å². The lowest BCUT2D eigenvalue weighted by atomic mass is 10.1. The summed E-state index contributed by atoms with van der Waals surface area (Å²) in [6, 6.07) is 17.7. The van der Waals surface area contributed by atoms with E-state index in [0.717, 1.165) is 28.9 Å². The van der Waals surface area contributed by atoms with Crippen molar-refractivity contribution in [1.29, 1.82) is 0 Å². The third-order valence-corrected chi connectivity index (χ3v) is 4.01. The van der Waals surface area contributed by atoms with Gasteiger partial charge in [0.2, 0.25) is 0 Å². The molecule has 0 saturated heterocycles. The van der Waals surface area contributed by atoms with Gasteiger partial charge in [-0.1, -0.05) is 25.1 Å². The largest absolute Gasteiger partial charge is 0.324 e. The van der Waals surface area contributed by atoms with E-state index in [1.807, 2.05) is 72.4 Å². The molecule has 0 aliphatic rings. The zero-order valence-electron chi connectivity index (χ0n) is 13.4. The highest BCUT2D eigenvalue weighted by Crippen LogP contribution is 2.22. The van der Waals surface area contributed by atoms with Crippen LogP contribution in [0.1, 0.15) is 28.4 Å². The first-order chi connectivity index (χ1) is 11.2. The van der Waals surface area contributed by atoms with Crippen LogP contribution in [0.2, 0.25) is 0 Å². The van der Waals surface area contributed by atoms with Crippen molar-refractivity contribution >= 4 is 11.6 Å². The predicted octanol–water partition coefficient (Wildman–Crippen LogP) is 4.60. The predicted molar refractivity (Wildman–Crippen MR) is 94.3 cm³/mol. The molecular weight excluding hydrogens is 284 g/mol. The first-order valence-corrected chi connectivity index (χ1v) is 7.82. The average Bonchev–Trinajstić information content (AvgIpc) is 3.11. The maximum absolute atomic E-state index is 12.5. The summed E-state index contributed by atoms with van der Waals surface area (Å²) in [7, 11) is 0. The molecule has 3 aromatic rings. The summed E-state index contributed by atoms with van der Waals surface area (Å²) in [5.41, 5.74) is 4.86. The standard InChI is InChI=1S/C20H20N2O/c1-3-16-8-6-7-15(2)19(16)21-20(23)17-9-11-18(12-10-17)22-13-4-5-14-22/h4-14H,3H2,1-2H3,(H,21,23). The number of nitrogens with zero attached hydrogens (tertiary/aromatic N) is 1. The Balaban J connectivity index is 1.82. The van der Waals surface area contributed by atoms with E-state index < -0.39 is 0 Å². The summed E-state index contributed by atoms with van der Waals surface area (Å²) in [6.07, 6.45) is 4.86. The molecule has 1 heterocycles. The number of aryl methyl sites for hydroxylation is 2. The van der Waals surface area contributed by atoms with E-state index in [4.69, 9.17) is 0 Å². The monoisotopic (exact) mass is 304 g/mol. The topological polar surface area (TPSA) is 34.0 Å². The SMILES string of the molecule is CCc1cccc(C)c1NC(=O)c1ccc(-n2cccc2)cc1. The quantitative estimate of drug-likeness (QED) is 0.751. The molecule has 3 nitrogen and oxygen atoms in total. The number of carbonyl (C=O) groups is 1. The molecule has 0 unspecified atom stereocenters. The van der Waals surface area contributed by atoms with Gasteiger partial charge in [-0.2, -0.15) is 0 Å². The number of carbonyl (C=O) groups excluding carboxylic acids is 1. The van der Waals surface area contributed by atoms with E-state index in [-0.39, 0.29) is 5.91 Å². The molecule has 0 fully saturated rings. The fourth-order valence-corrected chi connectivity index (χ4v) is 2.68. The van der Waals surface area contributed by atoms with E-state index >= 15 is 0 Å². The summed E-state index contributed by atoms with van der Waals surface area (Å²) in [6.45, 7) is 4.11. The van der Waals surface area contributed by atoms with Crippen LogP contribution in [-0.4, -0.2) is 10.5 Å². The number of rotatable bonds is 4. The summed E-state index contributed by atoms with van der Waals surface area (Å²) in [5, 5.41) is 3.05. The lowest BCUT2D eigenvalue weighted by molar-refractivity contribution is 0.102. The molecule has 1 N–H and O–H groups in total. The lowest BCUT2D eigenvalue weighted by Crippen LogP contribution is -2.14. The van der Waals surface area contributed by atoms with Crippen LogP contribution >= 0.6 is 0 Å². The molecule has 0 aliphatic carbocycles. The van der Waals surface area contributed by atoms with Crippen molar-refractivity contribution in [3.63, 3.8) is 0 Å². The van der Waals surface area contributed by atoms with Crippen molar-refractivity contribution in [3.05, 3.63) is 83.7 Å². The lowest BCUT2D eigenvalue weighted by Gasteiger charge is -2.13. The van der Waals surface area contributed by atoms with Gasteiger partial charge in [0.05, 0.1) is 0 Å². The van der Waals surface area contributed by atoms with Crippen molar-refractivity contribution < 1.29 is 4.79 Å². The molecule has 0 spiro atoms. The van der Waals surface area contributed by atoms with Crippen LogP contribution in [0, 0.1) is 6.92 Å². The Labute approximate surface area is 136 Å². The summed E-state index contributed by atoms with van der Waals surface area (Å²) in [4.78, 5) is 12.5. The fraction of sp³-hybridized carbons (Fsp3) is 0.150. The molecule has 1 amide bonds. The molecule has 23 heavy (non-hydrogen) atoms. The summed E-state index contributed by atoms with van der Waals surface area (Å²) >= 11 is 0. The van der Waals surface area contributed by atoms with Crippen LogP contribution in [0.4, 0.5) is 5.69 Å². The smallest absolute Gasteiger partial charge is 0.255 e. The second-order valence-electron chi connectivity index (χ2n) is 5.55. The second kappa shape index (κ2) is 6.53. The minimum atomic E-state index is -0.0759. The van der Waals surface area contributed by atoms with Gasteiger partial charge in [0.25, 0.3) is 5.91 Å². The molecule has 0 saturated carbocycles. The maximum atomic E-state index is 12.5. The van der Waals surface area contributed by atoms with Gasteiger partial charge in [0.1, 0.15) is 0 Å². The zero-order chi connectivity index (χ0) is 16.2. The molecule has 0 aliphatic heterocycles. The minimum absolute atomic E-state index is 0.0759. The third-order valence-electron chi connectivity index (χ3n) is 4.01. The number of benzene rings is 2. The number of aromatic nitrogens is 1. The Bertz CT molecular complexity index is 802. The number of hydrogen-bond donors (Lipinski definition) is 1. The molecule has 1 aromatic heterocycles. The van der Waals surface area contributed by atoms with Gasteiger partial charge >= 0.3 is 0 Å². The Morgan fingerprint density at radius 1 is 1.00 bits per heavy atom. The minimum Gasteiger partial charge on any atom is -0.324 e. The molecule has 3 heteroatoms. The molecular formula is C20H20N2O. The van der Waals surface area contributed by atoms with Gasteiger partial charge in [-0.25, -0.2) is 0 Å². The molecule has 0 radical (unpaired) electrons. The number of amides is 1. The number of hydrogen-bond acceptors (Lipinski definition) is 1. The molecule has 0 bridgehead atoms. The van der Waals surface area contributed by atoms with E-state index in [1.54, 1.807) is 0 Å². The normalized spacial score (nSPS) is 10.5. The van der Waals surface area contributed by atoms with Crippen molar-refractivity contribution in [3.8, 4) is 5.69 Å². The van der Waals surface area contributed by atoms with Crippen LogP contribution < -0.4 is 5.32 Å². The highest BCUT2D eigenvalue weighted by Gasteiger charge is 2.10. The fourth-order valence-electron chi connectivity index (χ4n) is 2.68. The van der Waals surface area contributed by atoms with Crippen LogP contribution in [0.25, 0.3) is 5.69 Å². The molecule has 3 rings (SSSR count). The van der Waals surface area contributed by atoms with E-state index in [1.165, 1.54) is 0 Å². The molecule has 116 valence electrons. The van der Waals surface area contributed by atoms with Crippen molar-refractivity contribution in [1.82, 2.24) is 4.57 Å². The second-order valence-corrected chi connectivity index (χ2v) is 5.55. The highest BCUT2D eigenvalue weighted by molar-refractivity contribution is 6.05. The van der Waals surface area contributed by atoms with Crippen molar-refractivity contribution in [2.24, 2.45) is 0 Å². The van der Waals surface area contributed by atoms with Gasteiger partial charge in [-0.15, -0.1) is 0 Å². The Hall–Kier alpha value is -2.81. The van der Waals surface area contributed by atoms with Crippen LogP contribution in [0.3, 0.4) is 0 Å². The van der Waals surface area contributed by atoms with Gasteiger partial charge in [0.15, 0.2) is 0 Å². The van der Waals surface area contributed by atoms with Crippen LogP contribution in [0.5, 0.6) is 0 Å². The Kier molecular flexibility index (Phi) is 4.29. The number of para-hydroxylation sites is 1. The van der Waals surface area contributed by atoms with E-state index in [9.17, 15) is 4.79 Å². The van der Waals surface area contributed by atoms with Gasteiger partial charge < -0.3 is 9.88 Å². The Morgan fingerprint density at radius 3 is 2.35 bits per heavy atom. The van der Waals surface area contributed by atoms with Crippen molar-refractivity contribution in [2.45, 2.75) is 20.3 Å². The number of nitrogens with one attached hydrogen (secondary N) is 1. The van der Waals surface area contributed by atoms with E-state index in [2.05, 4.69) is 18.3 Å². The van der Waals surface area contributed by atoms with Gasteiger partial charge in [0, 0.05) is 29.3 Å². The van der Waals surface area contributed by atoms with Crippen LogP contribution in [-0.2, 0) is 6.42 Å². The average molecular weight is 304 g/mol. The zero-order valence-corrected chi connectivity index (χ0v) is 13.4. The highest BCUT2D eigenvalue weighted by atomic mass is 16.1. The first-order valence-electron chi connectivity index (χ1n) is 7.82.